The van der Waals surface area contributed by atoms with Gasteiger partial charge in [-0.05, 0) is 39.9 Å². The third kappa shape index (κ3) is 2.38. The van der Waals surface area contributed by atoms with Crippen LogP contribution in [0.5, 0.6) is 0 Å². The number of nitrogens with one attached hydrogen (secondary N) is 1. The van der Waals surface area contributed by atoms with Gasteiger partial charge in [-0.2, -0.15) is 0 Å². The summed E-state index contributed by atoms with van der Waals surface area (Å²) in [5.41, 5.74) is 1.17. The van der Waals surface area contributed by atoms with E-state index in [-0.39, 0.29) is 11.4 Å². The summed E-state index contributed by atoms with van der Waals surface area (Å²) in [6.45, 7) is 1.93. The highest BCUT2D eigenvalue weighted by molar-refractivity contribution is 9.10. The Morgan fingerprint density at radius 1 is 1.19 bits per heavy atom. The maximum atomic E-state index is 13.9. The second kappa shape index (κ2) is 5.41. The van der Waals surface area contributed by atoms with Crippen molar-refractivity contribution >= 4 is 26.7 Å². The molecule has 0 spiro atoms. The number of hydrogen-bond acceptors (Lipinski definition) is 2. The Morgan fingerprint density at radius 2 is 1.90 bits per heavy atom. The molecule has 0 amide bonds. The number of benzene rings is 2. The van der Waals surface area contributed by atoms with Gasteiger partial charge < -0.3 is 4.98 Å². The zero-order valence-electron chi connectivity index (χ0n) is 11.3. The Hall–Kier alpha value is -2.01. The number of halogens is 2. The summed E-state index contributed by atoms with van der Waals surface area (Å²) in [6, 6.07) is 10.2. The average Bonchev–Trinajstić information content (AvgIpc) is 2.51. The van der Waals surface area contributed by atoms with E-state index >= 15 is 0 Å². The quantitative estimate of drug-likeness (QED) is 0.760. The van der Waals surface area contributed by atoms with E-state index in [1.54, 1.807) is 18.2 Å². The van der Waals surface area contributed by atoms with E-state index in [4.69, 9.17) is 0 Å². The van der Waals surface area contributed by atoms with Crippen LogP contribution >= 0.6 is 15.9 Å². The lowest BCUT2D eigenvalue weighted by molar-refractivity contribution is 0.640. The lowest BCUT2D eigenvalue weighted by atomic mass is 10.0. The fourth-order valence-electron chi connectivity index (χ4n) is 2.34. The molecule has 2 aromatic carbocycles. The van der Waals surface area contributed by atoms with Crippen molar-refractivity contribution in [3.05, 3.63) is 62.7 Å². The van der Waals surface area contributed by atoms with Crippen LogP contribution in [-0.4, -0.2) is 9.97 Å². The highest BCUT2D eigenvalue weighted by atomic mass is 79.9. The molecule has 0 radical (unpaired) electrons. The van der Waals surface area contributed by atoms with Crippen molar-refractivity contribution in [3.63, 3.8) is 0 Å². The summed E-state index contributed by atoms with van der Waals surface area (Å²) in [5, 5.41) is 1.24. The van der Waals surface area contributed by atoms with E-state index in [1.807, 2.05) is 19.1 Å². The molecule has 3 nitrogen and oxygen atoms in total. The Balaban J connectivity index is 2.34. The second-order valence-corrected chi connectivity index (χ2v) is 5.46. The molecule has 0 aliphatic heterocycles. The van der Waals surface area contributed by atoms with E-state index < -0.39 is 0 Å². The summed E-state index contributed by atoms with van der Waals surface area (Å²) < 4.78 is 14.3. The Labute approximate surface area is 129 Å². The third-order valence-electron chi connectivity index (χ3n) is 3.39. The first-order chi connectivity index (χ1) is 10.1. The molecule has 0 unspecified atom stereocenters. The highest BCUT2D eigenvalue weighted by Crippen LogP contribution is 2.28. The van der Waals surface area contributed by atoms with Crippen LogP contribution in [0.15, 0.2) is 45.7 Å². The van der Waals surface area contributed by atoms with Crippen molar-refractivity contribution in [1.29, 1.82) is 0 Å². The predicted molar refractivity (Wildman–Crippen MR) is 84.8 cm³/mol. The van der Waals surface area contributed by atoms with E-state index in [0.717, 1.165) is 5.39 Å². The zero-order valence-corrected chi connectivity index (χ0v) is 12.9. The molecule has 0 saturated heterocycles. The number of nitrogens with zero attached hydrogens (tertiary/aromatic N) is 1. The monoisotopic (exact) mass is 346 g/mol. The number of rotatable bonds is 2. The van der Waals surface area contributed by atoms with Gasteiger partial charge in [0.1, 0.15) is 16.1 Å². The van der Waals surface area contributed by atoms with Gasteiger partial charge in [-0.1, -0.05) is 31.2 Å². The molecule has 1 heterocycles. The molecule has 0 atom stereocenters. The normalized spacial score (nSPS) is 11.0. The molecule has 1 aromatic heterocycles. The summed E-state index contributed by atoms with van der Waals surface area (Å²) in [5.74, 6) is 0.167. The summed E-state index contributed by atoms with van der Waals surface area (Å²) >= 11 is 3.24. The molecule has 5 heteroatoms. The van der Waals surface area contributed by atoms with Crippen molar-refractivity contribution in [2.24, 2.45) is 0 Å². The number of H-pyrrole nitrogens is 1. The fraction of sp³-hybridized carbons (Fsp3) is 0.125. The van der Waals surface area contributed by atoms with Crippen LogP contribution in [0, 0.1) is 5.82 Å². The minimum absolute atomic E-state index is 0.231. The van der Waals surface area contributed by atoms with Gasteiger partial charge in [0.25, 0.3) is 5.56 Å². The maximum Gasteiger partial charge on any atom is 0.265 e. The van der Waals surface area contributed by atoms with Gasteiger partial charge in [0.05, 0.1) is 5.69 Å². The summed E-state index contributed by atoms with van der Waals surface area (Å²) in [6.07, 6.45) is 0.636. The van der Waals surface area contributed by atoms with Crippen molar-refractivity contribution in [2.45, 2.75) is 13.3 Å². The van der Waals surface area contributed by atoms with Crippen LogP contribution in [0.4, 0.5) is 4.39 Å². The molecule has 0 aliphatic rings. The number of aromatic amines is 1. The molecule has 21 heavy (non-hydrogen) atoms. The van der Waals surface area contributed by atoms with Gasteiger partial charge in [0.2, 0.25) is 0 Å². The minimum atomic E-state index is -0.287. The molecular weight excluding hydrogens is 335 g/mol. The van der Waals surface area contributed by atoms with Gasteiger partial charge in [0.15, 0.2) is 0 Å². The molecule has 3 rings (SSSR count). The molecule has 106 valence electrons. The zero-order chi connectivity index (χ0) is 15.0. The van der Waals surface area contributed by atoms with Crippen molar-refractivity contribution < 1.29 is 4.39 Å². The van der Waals surface area contributed by atoms with Crippen LogP contribution in [0.2, 0.25) is 0 Å². The van der Waals surface area contributed by atoms with Crippen LogP contribution < -0.4 is 5.56 Å². The lowest BCUT2D eigenvalue weighted by Crippen LogP contribution is -2.13. The second-order valence-electron chi connectivity index (χ2n) is 4.67. The Kier molecular flexibility index (Phi) is 3.59. The van der Waals surface area contributed by atoms with Crippen LogP contribution in [-0.2, 0) is 6.42 Å². The largest absolute Gasteiger partial charge is 0.306 e. The van der Waals surface area contributed by atoms with E-state index in [0.29, 0.717) is 33.4 Å². The SMILES string of the molecule is CCc1nc(-c2ccc(F)c3ccccc23)[nH]c(=O)c1Br. The third-order valence-corrected chi connectivity index (χ3v) is 4.21. The topological polar surface area (TPSA) is 45.8 Å². The fourth-order valence-corrected chi connectivity index (χ4v) is 2.80. The number of fused-ring (bicyclic) bond motifs is 1. The molecular formula is C16H12BrFN2O. The first-order valence-corrected chi connectivity index (χ1v) is 7.37. The highest BCUT2D eigenvalue weighted by Gasteiger charge is 2.12. The molecule has 0 saturated carbocycles. The number of hydrogen-bond donors (Lipinski definition) is 1. The first kappa shape index (κ1) is 13.9. The van der Waals surface area contributed by atoms with Crippen LogP contribution in [0.1, 0.15) is 12.6 Å². The van der Waals surface area contributed by atoms with Crippen molar-refractivity contribution in [2.75, 3.05) is 0 Å². The standard InChI is InChI=1S/C16H12BrFN2O/c1-2-13-14(17)16(21)20-15(19-13)11-7-8-12(18)10-6-4-3-5-9(10)11/h3-8H,2H2,1H3,(H,19,20,21). The van der Waals surface area contributed by atoms with Crippen molar-refractivity contribution in [1.82, 2.24) is 9.97 Å². The first-order valence-electron chi connectivity index (χ1n) is 6.58. The Bertz CT molecular complexity index is 889. The van der Waals surface area contributed by atoms with E-state index in [9.17, 15) is 9.18 Å². The molecule has 1 N–H and O–H groups in total. The maximum absolute atomic E-state index is 13.9. The van der Waals surface area contributed by atoms with Gasteiger partial charge in [-0.25, -0.2) is 9.37 Å². The van der Waals surface area contributed by atoms with Crippen LogP contribution in [0.25, 0.3) is 22.2 Å². The van der Waals surface area contributed by atoms with Gasteiger partial charge in [0, 0.05) is 10.9 Å². The minimum Gasteiger partial charge on any atom is -0.306 e. The Morgan fingerprint density at radius 3 is 2.62 bits per heavy atom. The lowest BCUT2D eigenvalue weighted by Gasteiger charge is -2.09. The van der Waals surface area contributed by atoms with Gasteiger partial charge in [-0.3, -0.25) is 4.79 Å². The summed E-state index contributed by atoms with van der Waals surface area (Å²) in [7, 11) is 0. The molecule has 0 aliphatic carbocycles. The van der Waals surface area contributed by atoms with Crippen molar-refractivity contribution in [3.8, 4) is 11.4 Å². The van der Waals surface area contributed by atoms with Gasteiger partial charge >= 0.3 is 0 Å². The smallest absolute Gasteiger partial charge is 0.265 e. The number of aryl methyl sites for hydroxylation is 1. The molecule has 3 aromatic rings. The molecule has 0 bridgehead atoms. The molecule has 0 fully saturated rings. The predicted octanol–water partition coefficient (Wildman–Crippen LogP) is 4.05. The van der Waals surface area contributed by atoms with E-state index in [2.05, 4.69) is 25.9 Å². The number of aromatic nitrogens is 2. The average molecular weight is 347 g/mol. The van der Waals surface area contributed by atoms with E-state index in [1.165, 1.54) is 6.07 Å². The summed E-state index contributed by atoms with van der Waals surface area (Å²) in [4.78, 5) is 19.2. The van der Waals surface area contributed by atoms with Gasteiger partial charge in [-0.15, -0.1) is 0 Å². The van der Waals surface area contributed by atoms with Crippen LogP contribution in [0.3, 0.4) is 0 Å².